The molecule has 0 aliphatic carbocycles. The molecule has 0 amide bonds. The quantitative estimate of drug-likeness (QED) is 0.629. The summed E-state index contributed by atoms with van der Waals surface area (Å²) < 4.78 is 10.2. The number of aliphatic carboxylic acids is 1. The van der Waals surface area contributed by atoms with Gasteiger partial charge in [0.15, 0.2) is 17.1 Å². The van der Waals surface area contributed by atoms with Crippen LogP contribution in [-0.4, -0.2) is 24.0 Å². The Morgan fingerprint density at radius 2 is 2.12 bits per heavy atom. The van der Waals surface area contributed by atoms with E-state index in [0.717, 1.165) is 0 Å². The Kier molecular flexibility index (Phi) is 2.36. The third-order valence-electron chi connectivity index (χ3n) is 2.15. The zero-order chi connectivity index (χ0) is 11.7. The summed E-state index contributed by atoms with van der Waals surface area (Å²) in [6.07, 6.45) is 0. The Bertz CT molecular complexity index is 567. The van der Waals surface area contributed by atoms with Gasteiger partial charge in [-0.2, -0.15) is 0 Å². The van der Waals surface area contributed by atoms with Gasteiger partial charge in [-0.3, -0.25) is 4.79 Å². The SMILES string of the molecule is COc1cccc2cc(C(=O)C(=O)O)oc12. The number of ketones is 1. The molecule has 1 heterocycles. The van der Waals surface area contributed by atoms with Crippen molar-refractivity contribution >= 4 is 22.7 Å². The fourth-order valence-electron chi connectivity index (χ4n) is 1.41. The highest BCUT2D eigenvalue weighted by atomic mass is 16.5. The summed E-state index contributed by atoms with van der Waals surface area (Å²) in [5.74, 6) is -2.36. The van der Waals surface area contributed by atoms with Crippen LogP contribution in [-0.2, 0) is 4.79 Å². The Morgan fingerprint density at radius 1 is 1.38 bits per heavy atom. The first-order valence-electron chi connectivity index (χ1n) is 4.47. The molecule has 2 rings (SSSR count). The van der Waals surface area contributed by atoms with E-state index < -0.39 is 11.8 Å². The fourth-order valence-corrected chi connectivity index (χ4v) is 1.41. The number of carboxylic acids is 1. The van der Waals surface area contributed by atoms with Gasteiger partial charge < -0.3 is 14.3 Å². The van der Waals surface area contributed by atoms with Gasteiger partial charge in [0.1, 0.15) is 0 Å². The molecule has 1 N–H and O–H groups in total. The molecule has 0 atom stereocenters. The zero-order valence-corrected chi connectivity index (χ0v) is 8.39. The van der Waals surface area contributed by atoms with E-state index >= 15 is 0 Å². The molecular formula is C11H8O5. The molecule has 2 aromatic rings. The molecule has 1 aromatic heterocycles. The number of ether oxygens (including phenoxy) is 1. The number of carbonyl (C=O) groups excluding carboxylic acids is 1. The predicted molar refractivity (Wildman–Crippen MR) is 54.7 cm³/mol. The van der Waals surface area contributed by atoms with E-state index in [2.05, 4.69) is 0 Å². The van der Waals surface area contributed by atoms with Crippen LogP contribution < -0.4 is 4.74 Å². The molecule has 82 valence electrons. The molecule has 0 aliphatic rings. The molecule has 0 saturated heterocycles. The molecule has 0 unspecified atom stereocenters. The lowest BCUT2D eigenvalue weighted by Gasteiger charge is -1.98. The number of carboxylic acid groups (broad SMARTS) is 1. The molecule has 0 fully saturated rings. The minimum atomic E-state index is -1.54. The molecule has 0 bridgehead atoms. The first kappa shape index (κ1) is 10.2. The second-order valence-corrected chi connectivity index (χ2v) is 3.12. The number of Topliss-reactive ketones (excluding diaryl/α,β-unsaturated/α-hetero) is 1. The Morgan fingerprint density at radius 3 is 2.75 bits per heavy atom. The smallest absolute Gasteiger partial charge is 0.380 e. The molecular weight excluding hydrogens is 212 g/mol. The van der Waals surface area contributed by atoms with Crippen LogP contribution in [0.5, 0.6) is 5.75 Å². The van der Waals surface area contributed by atoms with E-state index in [-0.39, 0.29) is 5.76 Å². The van der Waals surface area contributed by atoms with E-state index in [1.54, 1.807) is 18.2 Å². The topological polar surface area (TPSA) is 76.7 Å². The van der Waals surface area contributed by atoms with E-state index in [1.165, 1.54) is 13.2 Å². The van der Waals surface area contributed by atoms with Gasteiger partial charge in [0.2, 0.25) is 0 Å². The van der Waals surface area contributed by atoms with Crippen LogP contribution in [0, 0.1) is 0 Å². The Balaban J connectivity index is 2.60. The molecule has 0 saturated carbocycles. The lowest BCUT2D eigenvalue weighted by atomic mass is 10.2. The van der Waals surface area contributed by atoms with Crippen molar-refractivity contribution in [1.29, 1.82) is 0 Å². The minimum absolute atomic E-state index is 0.202. The number of furan rings is 1. The van der Waals surface area contributed by atoms with Gasteiger partial charge in [0, 0.05) is 5.39 Å². The van der Waals surface area contributed by atoms with Crippen molar-refractivity contribution in [2.45, 2.75) is 0 Å². The van der Waals surface area contributed by atoms with Crippen LogP contribution in [0.25, 0.3) is 11.0 Å². The van der Waals surface area contributed by atoms with E-state index in [1.807, 2.05) is 0 Å². The standard InChI is InChI=1S/C11H8O5/c1-15-7-4-2-3-6-5-8(16-10(6)7)9(12)11(13)14/h2-5H,1H3,(H,13,14). The number of fused-ring (bicyclic) bond motifs is 1. The van der Waals surface area contributed by atoms with Crippen molar-refractivity contribution in [2.75, 3.05) is 7.11 Å². The highest BCUT2D eigenvalue weighted by Crippen LogP contribution is 2.28. The highest BCUT2D eigenvalue weighted by Gasteiger charge is 2.20. The highest BCUT2D eigenvalue weighted by molar-refractivity contribution is 6.39. The Labute approximate surface area is 90.2 Å². The zero-order valence-electron chi connectivity index (χ0n) is 8.39. The third-order valence-corrected chi connectivity index (χ3v) is 2.15. The van der Waals surface area contributed by atoms with Gasteiger partial charge in [-0.15, -0.1) is 0 Å². The number of para-hydroxylation sites is 1. The van der Waals surface area contributed by atoms with E-state index in [4.69, 9.17) is 14.3 Å². The summed E-state index contributed by atoms with van der Waals surface area (Å²) in [4.78, 5) is 21.7. The van der Waals surface area contributed by atoms with Crippen molar-refractivity contribution in [2.24, 2.45) is 0 Å². The summed E-state index contributed by atoms with van der Waals surface area (Å²) in [7, 11) is 1.47. The van der Waals surface area contributed by atoms with Crippen LogP contribution in [0.1, 0.15) is 10.6 Å². The molecule has 5 heteroatoms. The summed E-state index contributed by atoms with van der Waals surface area (Å²) in [5.41, 5.74) is 0.370. The normalized spacial score (nSPS) is 10.3. The average Bonchev–Trinajstić information content (AvgIpc) is 2.70. The summed E-state index contributed by atoms with van der Waals surface area (Å²) >= 11 is 0. The van der Waals surface area contributed by atoms with Gasteiger partial charge in [-0.25, -0.2) is 4.79 Å². The number of hydrogen-bond donors (Lipinski definition) is 1. The molecule has 1 aromatic carbocycles. The van der Waals surface area contributed by atoms with Crippen molar-refractivity contribution in [3.63, 3.8) is 0 Å². The first-order valence-corrected chi connectivity index (χ1v) is 4.47. The summed E-state index contributed by atoms with van der Waals surface area (Å²) in [6.45, 7) is 0. The minimum Gasteiger partial charge on any atom is -0.493 e. The van der Waals surface area contributed by atoms with Crippen LogP contribution in [0.4, 0.5) is 0 Å². The maximum atomic E-state index is 11.2. The van der Waals surface area contributed by atoms with Crippen molar-refractivity contribution in [3.05, 3.63) is 30.0 Å². The summed E-state index contributed by atoms with van der Waals surface area (Å²) in [5, 5.41) is 9.17. The monoisotopic (exact) mass is 220 g/mol. The van der Waals surface area contributed by atoms with Crippen LogP contribution >= 0.6 is 0 Å². The van der Waals surface area contributed by atoms with Crippen molar-refractivity contribution in [3.8, 4) is 5.75 Å². The molecule has 16 heavy (non-hydrogen) atoms. The van der Waals surface area contributed by atoms with Crippen LogP contribution in [0.3, 0.4) is 0 Å². The molecule has 0 aliphatic heterocycles. The van der Waals surface area contributed by atoms with Gasteiger partial charge in [0.05, 0.1) is 7.11 Å². The number of carbonyl (C=O) groups is 2. The molecule has 5 nitrogen and oxygen atoms in total. The van der Waals surface area contributed by atoms with E-state index in [0.29, 0.717) is 16.7 Å². The lowest BCUT2D eigenvalue weighted by molar-refractivity contribution is -0.131. The number of methoxy groups -OCH3 is 1. The number of rotatable bonds is 3. The number of benzene rings is 1. The second-order valence-electron chi connectivity index (χ2n) is 3.12. The van der Waals surface area contributed by atoms with Gasteiger partial charge >= 0.3 is 11.8 Å². The number of hydrogen-bond acceptors (Lipinski definition) is 4. The Hall–Kier alpha value is -2.30. The fraction of sp³-hybridized carbons (Fsp3) is 0.0909. The van der Waals surface area contributed by atoms with Gasteiger partial charge in [-0.05, 0) is 12.1 Å². The van der Waals surface area contributed by atoms with Crippen LogP contribution in [0.2, 0.25) is 0 Å². The third kappa shape index (κ3) is 1.52. The van der Waals surface area contributed by atoms with Crippen LogP contribution in [0.15, 0.2) is 28.7 Å². The lowest BCUT2D eigenvalue weighted by Crippen LogP contribution is -2.11. The molecule has 0 spiro atoms. The predicted octanol–water partition coefficient (Wildman–Crippen LogP) is 1.71. The van der Waals surface area contributed by atoms with Gasteiger partial charge in [0.25, 0.3) is 0 Å². The maximum Gasteiger partial charge on any atom is 0.380 e. The molecule has 0 radical (unpaired) electrons. The largest absolute Gasteiger partial charge is 0.493 e. The summed E-state index contributed by atoms with van der Waals surface area (Å²) in [6, 6.07) is 6.49. The van der Waals surface area contributed by atoms with Gasteiger partial charge in [-0.1, -0.05) is 12.1 Å². The first-order chi connectivity index (χ1) is 7.63. The maximum absolute atomic E-state index is 11.2. The average molecular weight is 220 g/mol. The van der Waals surface area contributed by atoms with E-state index in [9.17, 15) is 9.59 Å². The van der Waals surface area contributed by atoms with Crippen molar-refractivity contribution in [1.82, 2.24) is 0 Å². The second kappa shape index (κ2) is 3.69. The van der Waals surface area contributed by atoms with Crippen molar-refractivity contribution < 1.29 is 23.8 Å².